The molecule has 7 atom stereocenters. The number of ether oxygens (including phenoxy) is 1. The number of alkyl halides is 1. The van der Waals surface area contributed by atoms with Crippen LogP contribution in [0.25, 0.3) is 0 Å². The number of halogens is 3. The highest BCUT2D eigenvalue weighted by Crippen LogP contribution is 2.27. The van der Waals surface area contributed by atoms with Crippen molar-refractivity contribution in [1.82, 2.24) is 30.7 Å². The van der Waals surface area contributed by atoms with Crippen LogP contribution in [0.5, 0.6) is 0 Å². The smallest absolute Gasteiger partial charge is 0.319 e. The predicted octanol–water partition coefficient (Wildman–Crippen LogP) is 2.34. The van der Waals surface area contributed by atoms with Gasteiger partial charge in [0.15, 0.2) is 0 Å². The standard InChI is InChI=1S/C39H48F3N7O7/c1-22-8-10-28(11-9-22)44-39(55)46-30(16-24-14-25(40)17-26(41)15-24)34(50)45-31-21-56-20-29-18-27(42)19-49(29)36(52)23(2)43-35(51)32-6-3-4-12-47(32)38(54)33-7-5-13-48(33)37(31)53/h8-11,14-15,17,23,27,29-33H,3-7,12-13,16,18-21H2,1-2H3,(H,43,51)(H,45,50)(H2,44,46,55)/t23-,27-,29?,30-,31-,32?,33?/m0/s1. The molecule has 0 saturated carbocycles. The van der Waals surface area contributed by atoms with Crippen molar-refractivity contribution in [2.75, 3.05) is 38.2 Å². The van der Waals surface area contributed by atoms with Gasteiger partial charge in [-0.05, 0) is 75.8 Å². The number of urea groups is 1. The Bertz CT molecular complexity index is 1800. The number of rotatable bonds is 6. The maximum Gasteiger partial charge on any atom is 0.319 e. The Morgan fingerprint density at radius 2 is 1.55 bits per heavy atom. The van der Waals surface area contributed by atoms with E-state index in [0.29, 0.717) is 43.9 Å². The number of carbonyl (C=O) groups excluding carboxylic acids is 6. The lowest BCUT2D eigenvalue weighted by Gasteiger charge is -2.39. The fourth-order valence-corrected chi connectivity index (χ4v) is 7.96. The highest BCUT2D eigenvalue weighted by Gasteiger charge is 2.45. The summed E-state index contributed by atoms with van der Waals surface area (Å²) in [4.78, 5) is 87.1. The van der Waals surface area contributed by atoms with E-state index in [4.69, 9.17) is 4.74 Å². The Morgan fingerprint density at radius 3 is 2.29 bits per heavy atom. The van der Waals surface area contributed by atoms with Gasteiger partial charge in [-0.3, -0.25) is 24.0 Å². The van der Waals surface area contributed by atoms with Crippen molar-refractivity contribution >= 4 is 41.3 Å². The highest BCUT2D eigenvalue weighted by molar-refractivity contribution is 5.98. The van der Waals surface area contributed by atoms with Gasteiger partial charge in [-0.2, -0.15) is 0 Å². The van der Waals surface area contributed by atoms with Crippen molar-refractivity contribution in [2.45, 2.75) is 101 Å². The molecule has 0 aromatic heterocycles. The van der Waals surface area contributed by atoms with Crippen LogP contribution in [-0.2, 0) is 35.1 Å². The van der Waals surface area contributed by atoms with Crippen molar-refractivity contribution in [3.05, 3.63) is 65.2 Å². The van der Waals surface area contributed by atoms with E-state index in [-0.39, 0.29) is 44.6 Å². The van der Waals surface area contributed by atoms with Crippen molar-refractivity contribution in [2.24, 2.45) is 0 Å². The van der Waals surface area contributed by atoms with Crippen LogP contribution in [0, 0.1) is 18.6 Å². The number of nitrogens with zero attached hydrogens (tertiary/aromatic N) is 3. The van der Waals surface area contributed by atoms with Crippen LogP contribution in [-0.4, -0.2) is 126 Å². The Hall–Kier alpha value is -5.19. The van der Waals surface area contributed by atoms with Gasteiger partial charge < -0.3 is 40.7 Å². The van der Waals surface area contributed by atoms with Gasteiger partial charge in [-0.15, -0.1) is 0 Å². The van der Waals surface area contributed by atoms with Crippen molar-refractivity contribution in [3.63, 3.8) is 0 Å². The molecule has 0 bridgehead atoms. The summed E-state index contributed by atoms with van der Waals surface area (Å²) < 4.78 is 49.2. The number of fused-ring (bicyclic) bond motifs is 3. The fraction of sp³-hybridized carbons (Fsp3) is 0.538. The van der Waals surface area contributed by atoms with E-state index in [1.165, 1.54) is 21.6 Å². The quantitative estimate of drug-likeness (QED) is 0.349. The maximum atomic E-state index is 14.8. The minimum absolute atomic E-state index is 0.0465. The molecule has 302 valence electrons. The van der Waals surface area contributed by atoms with Crippen LogP contribution in [0.1, 0.15) is 56.6 Å². The Labute approximate surface area is 322 Å². The summed E-state index contributed by atoms with van der Waals surface area (Å²) in [5.41, 5.74) is 1.40. The molecule has 4 fully saturated rings. The molecule has 0 aliphatic carbocycles. The summed E-state index contributed by atoms with van der Waals surface area (Å²) in [5.74, 6) is -4.83. The first-order valence-corrected chi connectivity index (χ1v) is 19.1. The molecule has 0 radical (unpaired) electrons. The normalized spacial score (nSPS) is 26.8. The summed E-state index contributed by atoms with van der Waals surface area (Å²) in [6.45, 7) is 2.91. The van der Waals surface area contributed by atoms with Gasteiger partial charge >= 0.3 is 6.03 Å². The van der Waals surface area contributed by atoms with E-state index in [0.717, 1.165) is 17.7 Å². The number of aryl methyl sites for hydroxylation is 1. The van der Waals surface area contributed by atoms with Gasteiger partial charge in [0.1, 0.15) is 48.0 Å². The maximum absolute atomic E-state index is 14.8. The summed E-state index contributed by atoms with van der Waals surface area (Å²) in [6.07, 6.45) is 0.624. The first-order chi connectivity index (χ1) is 26.8. The zero-order valence-corrected chi connectivity index (χ0v) is 31.4. The minimum atomic E-state index is -1.46. The van der Waals surface area contributed by atoms with E-state index in [1.54, 1.807) is 24.3 Å². The van der Waals surface area contributed by atoms with E-state index in [2.05, 4.69) is 21.3 Å². The van der Waals surface area contributed by atoms with Crippen molar-refractivity contribution in [3.8, 4) is 0 Å². The lowest BCUT2D eigenvalue weighted by atomic mass is 9.99. The molecule has 3 unspecified atom stereocenters. The van der Waals surface area contributed by atoms with E-state index >= 15 is 0 Å². The summed E-state index contributed by atoms with van der Waals surface area (Å²) in [7, 11) is 0. The molecule has 4 aliphatic heterocycles. The molecule has 6 rings (SSSR count). The summed E-state index contributed by atoms with van der Waals surface area (Å²) in [6, 6.07) is 2.23. The molecule has 4 N–H and O–H groups in total. The average Bonchev–Trinajstić information content (AvgIpc) is 3.80. The van der Waals surface area contributed by atoms with Crippen molar-refractivity contribution < 1.29 is 46.7 Å². The number of hydrogen-bond donors (Lipinski definition) is 4. The Kier molecular flexibility index (Phi) is 12.8. The first-order valence-electron chi connectivity index (χ1n) is 19.1. The van der Waals surface area contributed by atoms with E-state index in [1.807, 2.05) is 6.92 Å². The lowest BCUT2D eigenvalue weighted by molar-refractivity contribution is -0.152. The number of piperidine rings is 1. The van der Waals surface area contributed by atoms with Crippen LogP contribution in [0.4, 0.5) is 23.7 Å². The molecule has 4 aliphatic rings. The molecule has 2 aromatic carbocycles. The topological polar surface area (TPSA) is 169 Å². The third-order valence-corrected chi connectivity index (χ3v) is 10.8. The summed E-state index contributed by atoms with van der Waals surface area (Å²) in [5, 5.41) is 10.5. The van der Waals surface area contributed by atoms with Crippen LogP contribution in [0.3, 0.4) is 0 Å². The van der Waals surface area contributed by atoms with Crippen LogP contribution >= 0.6 is 0 Å². The monoisotopic (exact) mass is 783 g/mol. The van der Waals surface area contributed by atoms with Gasteiger partial charge in [-0.25, -0.2) is 18.0 Å². The number of benzene rings is 2. The molecule has 2 aromatic rings. The zero-order valence-electron chi connectivity index (χ0n) is 31.4. The second-order valence-corrected chi connectivity index (χ2v) is 15.0. The SMILES string of the molecule is Cc1ccc(NC(=O)N[C@@H](Cc2cc(F)cc(F)c2)C(=O)N[C@H]2COCC3C[C@H](F)CN3C(=O)[C@H](C)NC(=O)C3CCCCN3C(=O)C3CCCN3C2=O)cc1. The molecule has 17 heteroatoms. The number of hydrogen-bond acceptors (Lipinski definition) is 7. The van der Waals surface area contributed by atoms with E-state index in [9.17, 15) is 41.9 Å². The van der Waals surface area contributed by atoms with Gasteiger partial charge in [0.2, 0.25) is 29.5 Å². The summed E-state index contributed by atoms with van der Waals surface area (Å²) >= 11 is 0. The second kappa shape index (κ2) is 17.7. The first kappa shape index (κ1) is 40.5. The van der Waals surface area contributed by atoms with E-state index < -0.39 is 96.2 Å². The molecule has 14 nitrogen and oxygen atoms in total. The average molecular weight is 784 g/mol. The molecule has 4 saturated heterocycles. The van der Waals surface area contributed by atoms with Gasteiger partial charge in [0.25, 0.3) is 0 Å². The molecular formula is C39H48F3N7O7. The number of anilines is 1. The van der Waals surface area contributed by atoms with Crippen LogP contribution < -0.4 is 21.3 Å². The Balaban J connectivity index is 1.29. The zero-order chi connectivity index (χ0) is 40.1. The molecular weight excluding hydrogens is 735 g/mol. The predicted molar refractivity (Wildman–Crippen MR) is 197 cm³/mol. The van der Waals surface area contributed by atoms with Crippen LogP contribution in [0.2, 0.25) is 0 Å². The Morgan fingerprint density at radius 1 is 0.875 bits per heavy atom. The second-order valence-electron chi connectivity index (χ2n) is 15.0. The molecule has 56 heavy (non-hydrogen) atoms. The minimum Gasteiger partial charge on any atom is -0.377 e. The number of nitrogens with one attached hydrogen (secondary N) is 4. The largest absolute Gasteiger partial charge is 0.377 e. The third-order valence-electron chi connectivity index (χ3n) is 10.8. The van der Waals surface area contributed by atoms with Crippen LogP contribution in [0.15, 0.2) is 42.5 Å². The van der Waals surface area contributed by atoms with Crippen molar-refractivity contribution in [1.29, 1.82) is 0 Å². The molecule has 0 spiro atoms. The highest BCUT2D eigenvalue weighted by atomic mass is 19.1. The van der Waals surface area contributed by atoms with Gasteiger partial charge in [-0.1, -0.05) is 17.7 Å². The number of carbonyl (C=O) groups is 6. The molecule has 4 heterocycles. The fourth-order valence-electron chi connectivity index (χ4n) is 7.96. The van der Waals surface area contributed by atoms with Gasteiger partial charge in [0, 0.05) is 37.7 Å². The van der Waals surface area contributed by atoms with Gasteiger partial charge in [0.05, 0.1) is 25.8 Å². The number of amides is 7. The molecule has 7 amide bonds. The lowest BCUT2D eigenvalue weighted by Crippen LogP contribution is -2.61. The third kappa shape index (κ3) is 9.60.